The molecule has 0 heterocycles. The van der Waals surface area contributed by atoms with Crippen LogP contribution in [0.4, 0.5) is 53.0 Å². The molecule has 12 heteroatoms. The topological polar surface area (TPSA) is 0 Å². The zero-order chi connectivity index (χ0) is 17.3. The van der Waals surface area contributed by atoms with E-state index in [0.717, 1.165) is 12.8 Å². The summed E-state index contributed by atoms with van der Waals surface area (Å²) in [5.74, 6) is 0.431. The Hall–Kier alpha value is -0.840. The van der Waals surface area contributed by atoms with E-state index >= 15 is 0 Å². The summed E-state index contributed by atoms with van der Waals surface area (Å²) < 4.78 is 116. The summed E-state index contributed by atoms with van der Waals surface area (Å²) in [6.07, 6.45) is -12.0. The first-order valence-corrected chi connectivity index (χ1v) is 5.56. The van der Waals surface area contributed by atoms with Crippen molar-refractivity contribution in [2.24, 2.45) is 5.92 Å². The summed E-state index contributed by atoms with van der Waals surface area (Å²) in [4.78, 5) is 0. The molecule has 0 aromatic rings. The third-order valence-corrected chi connectivity index (χ3v) is 2.17. The summed E-state index contributed by atoms with van der Waals surface area (Å²) in [7, 11) is 0. The molecule has 0 atom stereocenters. The highest BCUT2D eigenvalue weighted by molar-refractivity contribution is 4.65. The second-order valence-electron chi connectivity index (χ2n) is 4.05. The van der Waals surface area contributed by atoms with Crippen LogP contribution >= 0.6 is 0 Å². The van der Waals surface area contributed by atoms with Gasteiger partial charge < -0.3 is 0 Å². The summed E-state index contributed by atoms with van der Waals surface area (Å²) in [6.45, 7) is -2.31. The SMILES string of the molecule is F.FC(F)(F)C(F)(F)F.FCC(F)(F)F.FCC1CCCC1. The predicted octanol–water partition coefficient (Wildman–Crippen LogP) is 5.93. The fraction of sp³-hybridized carbons (Fsp3) is 1.00. The van der Waals surface area contributed by atoms with E-state index in [1.807, 2.05) is 0 Å². The maximum atomic E-state index is 11.7. The summed E-state index contributed by atoms with van der Waals surface area (Å²) in [5.41, 5.74) is 0. The Bertz CT molecular complexity index is 232. The van der Waals surface area contributed by atoms with Crippen molar-refractivity contribution in [2.45, 2.75) is 44.2 Å². The van der Waals surface area contributed by atoms with Gasteiger partial charge in [0.2, 0.25) is 0 Å². The summed E-state index contributed by atoms with van der Waals surface area (Å²) in [5, 5.41) is 0. The van der Waals surface area contributed by atoms with E-state index in [0.29, 0.717) is 5.92 Å². The van der Waals surface area contributed by atoms with Crippen molar-refractivity contribution in [3.63, 3.8) is 0 Å². The third-order valence-electron chi connectivity index (χ3n) is 2.17. The molecule has 1 aliphatic carbocycles. The molecule has 1 fully saturated rings. The molecule has 0 unspecified atom stereocenters. The lowest BCUT2D eigenvalue weighted by Crippen LogP contribution is -2.30. The van der Waals surface area contributed by atoms with Crippen molar-refractivity contribution < 1.29 is 53.0 Å². The highest BCUT2D eigenvalue weighted by Gasteiger charge is 2.58. The Labute approximate surface area is 118 Å². The van der Waals surface area contributed by atoms with E-state index in [9.17, 15) is 48.3 Å². The number of halogens is 12. The molecule has 0 aromatic carbocycles. The quantitative estimate of drug-likeness (QED) is 0.508. The largest absolute Gasteiger partial charge is 0.487 e. The van der Waals surface area contributed by atoms with Crippen molar-refractivity contribution in [2.75, 3.05) is 13.3 Å². The molecule has 1 rings (SSSR count). The van der Waals surface area contributed by atoms with Gasteiger partial charge in [-0.05, 0) is 18.8 Å². The molecular formula is C10H14F12. The average molecular weight is 362 g/mol. The first kappa shape index (κ1) is 26.1. The molecule has 138 valence electrons. The van der Waals surface area contributed by atoms with E-state index in [2.05, 4.69) is 0 Å². The summed E-state index contributed by atoms with van der Waals surface area (Å²) >= 11 is 0. The first-order chi connectivity index (χ1) is 9.24. The van der Waals surface area contributed by atoms with Crippen LogP contribution in [-0.4, -0.2) is 31.9 Å². The molecular weight excluding hydrogens is 348 g/mol. The van der Waals surface area contributed by atoms with Gasteiger partial charge in [-0.15, -0.1) is 0 Å². The maximum absolute atomic E-state index is 11.7. The fourth-order valence-corrected chi connectivity index (χ4v) is 1.16. The van der Waals surface area contributed by atoms with Gasteiger partial charge in [-0.25, -0.2) is 4.39 Å². The fourth-order valence-electron chi connectivity index (χ4n) is 1.16. The molecule has 0 bridgehead atoms. The van der Waals surface area contributed by atoms with Crippen LogP contribution in [0.2, 0.25) is 0 Å². The Kier molecular flexibility index (Phi) is 12.8. The van der Waals surface area contributed by atoms with E-state index in [1.54, 1.807) is 0 Å². The molecule has 0 amide bonds. The molecule has 0 aliphatic heterocycles. The monoisotopic (exact) mass is 362 g/mol. The van der Waals surface area contributed by atoms with Crippen molar-refractivity contribution in [1.82, 2.24) is 0 Å². The highest BCUT2D eigenvalue weighted by Crippen LogP contribution is 2.35. The van der Waals surface area contributed by atoms with Gasteiger partial charge in [0.15, 0.2) is 6.67 Å². The molecule has 22 heavy (non-hydrogen) atoms. The average Bonchev–Trinajstić information content (AvgIpc) is 2.79. The van der Waals surface area contributed by atoms with Crippen LogP contribution in [0.15, 0.2) is 0 Å². The maximum Gasteiger partial charge on any atom is 0.487 e. The normalized spacial score (nSPS) is 16.0. The standard InChI is InChI=1S/C6H11F.C2F6.C2H2F4.FH/c7-5-6-3-1-2-4-6;3-1(4,5)2(6,7)8;3-1-2(4,5)6;/h6H,1-5H2;;1H2;1H. The smallest absolute Gasteiger partial charge is 0.269 e. The molecule has 1 aliphatic rings. The number of hydrogen-bond acceptors (Lipinski definition) is 0. The van der Waals surface area contributed by atoms with Crippen LogP contribution in [0, 0.1) is 5.92 Å². The minimum absolute atomic E-state index is 0. The van der Waals surface area contributed by atoms with E-state index < -0.39 is 25.2 Å². The minimum Gasteiger partial charge on any atom is -0.269 e. The lowest BCUT2D eigenvalue weighted by molar-refractivity contribution is -0.339. The van der Waals surface area contributed by atoms with Gasteiger partial charge in [0.25, 0.3) is 0 Å². The molecule has 0 nitrogen and oxygen atoms in total. The lowest BCUT2D eigenvalue weighted by Gasteiger charge is -2.08. The van der Waals surface area contributed by atoms with Crippen molar-refractivity contribution in [1.29, 1.82) is 0 Å². The molecule has 0 saturated heterocycles. The predicted molar refractivity (Wildman–Crippen MR) is 54.6 cm³/mol. The second-order valence-corrected chi connectivity index (χ2v) is 4.05. The Balaban J connectivity index is -0.000000243. The van der Waals surface area contributed by atoms with Crippen LogP contribution in [0.5, 0.6) is 0 Å². The molecule has 0 N–H and O–H groups in total. The number of alkyl halides is 11. The van der Waals surface area contributed by atoms with E-state index in [-0.39, 0.29) is 11.4 Å². The second kappa shape index (κ2) is 10.8. The van der Waals surface area contributed by atoms with Crippen molar-refractivity contribution >= 4 is 0 Å². The van der Waals surface area contributed by atoms with Gasteiger partial charge in [-0.3, -0.25) is 9.09 Å². The van der Waals surface area contributed by atoms with Crippen molar-refractivity contribution in [3.05, 3.63) is 0 Å². The minimum atomic E-state index is -6.06. The zero-order valence-corrected chi connectivity index (χ0v) is 10.9. The van der Waals surface area contributed by atoms with Gasteiger partial charge in [0.1, 0.15) is 0 Å². The highest BCUT2D eigenvalue weighted by atomic mass is 19.5. The summed E-state index contributed by atoms with van der Waals surface area (Å²) in [6, 6.07) is 0. The zero-order valence-electron chi connectivity index (χ0n) is 10.9. The van der Waals surface area contributed by atoms with Gasteiger partial charge >= 0.3 is 18.5 Å². The molecule has 1 saturated carbocycles. The Morgan fingerprint density at radius 2 is 0.955 bits per heavy atom. The van der Waals surface area contributed by atoms with Gasteiger partial charge in [-0.1, -0.05) is 12.8 Å². The first-order valence-electron chi connectivity index (χ1n) is 5.56. The molecule has 0 radical (unpaired) electrons. The Morgan fingerprint density at radius 1 is 0.682 bits per heavy atom. The van der Waals surface area contributed by atoms with E-state index in [1.165, 1.54) is 12.8 Å². The van der Waals surface area contributed by atoms with Crippen LogP contribution in [-0.2, 0) is 0 Å². The van der Waals surface area contributed by atoms with Gasteiger partial charge in [0, 0.05) is 0 Å². The third kappa shape index (κ3) is 15.5. The van der Waals surface area contributed by atoms with Crippen LogP contribution < -0.4 is 0 Å². The van der Waals surface area contributed by atoms with Crippen LogP contribution in [0.1, 0.15) is 25.7 Å². The van der Waals surface area contributed by atoms with Crippen LogP contribution in [0.3, 0.4) is 0 Å². The van der Waals surface area contributed by atoms with Gasteiger partial charge in [-0.2, -0.15) is 39.5 Å². The van der Waals surface area contributed by atoms with E-state index in [4.69, 9.17) is 0 Å². The Morgan fingerprint density at radius 3 is 1.05 bits per heavy atom. The molecule has 0 spiro atoms. The molecule has 0 aromatic heterocycles. The number of rotatable bonds is 1. The van der Waals surface area contributed by atoms with Gasteiger partial charge in [0.05, 0.1) is 6.67 Å². The number of hydrogen-bond donors (Lipinski definition) is 0. The van der Waals surface area contributed by atoms with Crippen molar-refractivity contribution in [3.8, 4) is 0 Å². The van der Waals surface area contributed by atoms with Crippen LogP contribution in [0.25, 0.3) is 0 Å². The lowest BCUT2D eigenvalue weighted by atomic mass is 10.1.